The average Bonchev–Trinajstić information content (AvgIpc) is 3.14. The van der Waals surface area contributed by atoms with Crippen LogP contribution in [0, 0.1) is 0 Å². The summed E-state index contributed by atoms with van der Waals surface area (Å²) < 4.78 is 0. The van der Waals surface area contributed by atoms with Crippen molar-refractivity contribution in [2.75, 3.05) is 0 Å². The van der Waals surface area contributed by atoms with Gasteiger partial charge in [0.05, 0.1) is 11.1 Å². The maximum absolute atomic E-state index is 2.38. The second-order valence-electron chi connectivity index (χ2n) is 7.38. The quantitative estimate of drug-likeness (QED) is 0.263. The van der Waals surface area contributed by atoms with Crippen LogP contribution in [-0.2, 0) is 6.26 Å². The minimum atomic E-state index is -0.0522. The van der Waals surface area contributed by atoms with Crippen molar-refractivity contribution in [1.82, 2.24) is 0 Å². The van der Waals surface area contributed by atoms with Crippen molar-refractivity contribution in [2.45, 2.75) is 0 Å². The molecule has 0 aliphatic rings. The number of hydrogen-bond donors (Lipinski definition) is 0. The van der Waals surface area contributed by atoms with Crippen LogP contribution in [0.25, 0.3) is 43.1 Å². The third kappa shape index (κ3) is 3.28. The van der Waals surface area contributed by atoms with Gasteiger partial charge in [0, 0.05) is 11.1 Å². The molecule has 0 atom stereocenters. The standard InChI is InChI=1S/C29H23S/c1-30-28(24-18-10-4-11-19-24)26(22-14-6-2-7-15-22)27(23-16-8-3-9-17-23)29(30)25-20-12-5-13-21-25/h2-21H,1H3/q+1. The second kappa shape index (κ2) is 8.14. The lowest BCUT2D eigenvalue weighted by atomic mass is 9.91. The number of benzene rings is 4. The molecule has 4 aromatic carbocycles. The average molecular weight is 404 g/mol. The summed E-state index contributed by atoms with van der Waals surface area (Å²) in [6, 6.07) is 43.5. The van der Waals surface area contributed by atoms with E-state index in [4.69, 9.17) is 0 Å². The van der Waals surface area contributed by atoms with Gasteiger partial charge in [-0.05, 0) is 45.9 Å². The molecule has 0 nitrogen and oxygen atoms in total. The van der Waals surface area contributed by atoms with Crippen LogP contribution in [-0.4, -0.2) is 0 Å². The third-order valence-electron chi connectivity index (χ3n) is 5.51. The van der Waals surface area contributed by atoms with Crippen molar-refractivity contribution >= 4 is 10.5 Å². The van der Waals surface area contributed by atoms with Crippen LogP contribution in [0.4, 0.5) is 0 Å². The normalized spacial score (nSPS) is 10.8. The van der Waals surface area contributed by atoms with E-state index in [0.717, 1.165) is 0 Å². The highest BCUT2D eigenvalue weighted by Gasteiger charge is 2.33. The van der Waals surface area contributed by atoms with E-state index in [0.29, 0.717) is 0 Å². The maximum Gasteiger partial charge on any atom is 0.189 e. The van der Waals surface area contributed by atoms with Crippen LogP contribution in [0.15, 0.2) is 121 Å². The molecule has 0 aliphatic carbocycles. The summed E-state index contributed by atoms with van der Waals surface area (Å²) in [5.74, 6) is 0. The molecule has 0 N–H and O–H groups in total. The lowest BCUT2D eigenvalue weighted by Crippen LogP contribution is -1.85. The first-order valence-electron chi connectivity index (χ1n) is 10.2. The first-order valence-corrected chi connectivity index (χ1v) is 11.8. The van der Waals surface area contributed by atoms with Crippen LogP contribution in [0.5, 0.6) is 0 Å². The molecule has 0 aliphatic heterocycles. The van der Waals surface area contributed by atoms with Crippen LogP contribution in [0.3, 0.4) is 0 Å². The van der Waals surface area contributed by atoms with Crippen LogP contribution in [0.1, 0.15) is 0 Å². The number of rotatable bonds is 4. The molecular weight excluding hydrogens is 380 g/mol. The highest BCUT2D eigenvalue weighted by atomic mass is 32.2. The molecule has 5 aromatic rings. The Morgan fingerprint density at radius 2 is 0.633 bits per heavy atom. The van der Waals surface area contributed by atoms with Crippen molar-refractivity contribution in [3.8, 4) is 43.1 Å². The fourth-order valence-electron chi connectivity index (χ4n) is 4.22. The lowest BCUT2D eigenvalue weighted by Gasteiger charge is -2.07. The first kappa shape index (κ1) is 18.6. The molecule has 0 spiro atoms. The van der Waals surface area contributed by atoms with Gasteiger partial charge in [0.2, 0.25) is 0 Å². The topological polar surface area (TPSA) is 0 Å². The molecule has 1 heteroatoms. The zero-order valence-corrected chi connectivity index (χ0v) is 17.8. The van der Waals surface area contributed by atoms with Crippen molar-refractivity contribution in [2.24, 2.45) is 6.26 Å². The lowest BCUT2D eigenvalue weighted by molar-refractivity contribution is 1.61. The molecule has 0 fully saturated rings. The van der Waals surface area contributed by atoms with Crippen LogP contribution >= 0.6 is 10.5 Å². The molecule has 1 aromatic heterocycles. The third-order valence-corrected chi connectivity index (χ3v) is 7.62. The van der Waals surface area contributed by atoms with E-state index in [9.17, 15) is 0 Å². The van der Waals surface area contributed by atoms with Gasteiger partial charge in [0.15, 0.2) is 9.75 Å². The molecule has 144 valence electrons. The van der Waals surface area contributed by atoms with Crippen molar-refractivity contribution in [3.05, 3.63) is 121 Å². The summed E-state index contributed by atoms with van der Waals surface area (Å²) in [7, 11) is -0.0522. The molecule has 5 rings (SSSR count). The Morgan fingerprint density at radius 1 is 0.367 bits per heavy atom. The second-order valence-corrected chi connectivity index (χ2v) is 9.22. The molecule has 0 saturated heterocycles. The Balaban J connectivity index is 1.95. The molecular formula is C29H23S+. The predicted molar refractivity (Wildman–Crippen MR) is 132 cm³/mol. The smallest absolute Gasteiger partial charge is 0.0622 e. The van der Waals surface area contributed by atoms with E-state index in [1.54, 1.807) is 0 Å². The van der Waals surface area contributed by atoms with Gasteiger partial charge in [-0.15, -0.1) is 0 Å². The summed E-state index contributed by atoms with van der Waals surface area (Å²) >= 11 is 0. The Bertz CT molecular complexity index is 1150. The van der Waals surface area contributed by atoms with E-state index < -0.39 is 0 Å². The van der Waals surface area contributed by atoms with Gasteiger partial charge < -0.3 is 0 Å². The van der Waals surface area contributed by atoms with E-state index in [-0.39, 0.29) is 10.5 Å². The van der Waals surface area contributed by atoms with Crippen LogP contribution in [0.2, 0.25) is 0 Å². The Hall–Kier alpha value is -3.42. The Morgan fingerprint density at radius 3 is 0.933 bits per heavy atom. The van der Waals surface area contributed by atoms with Gasteiger partial charge in [-0.2, -0.15) is 0 Å². The van der Waals surface area contributed by atoms with Crippen LogP contribution < -0.4 is 0 Å². The van der Waals surface area contributed by atoms with E-state index >= 15 is 0 Å². The predicted octanol–water partition coefficient (Wildman–Crippen LogP) is 8.64. The first-order chi connectivity index (χ1) is 14.8. The minimum Gasteiger partial charge on any atom is -0.0622 e. The van der Waals surface area contributed by atoms with Gasteiger partial charge >= 0.3 is 0 Å². The summed E-state index contributed by atoms with van der Waals surface area (Å²) in [5.41, 5.74) is 7.89. The molecule has 1 heterocycles. The highest BCUT2D eigenvalue weighted by Crippen LogP contribution is 2.56. The number of hydrogen-bond acceptors (Lipinski definition) is 0. The largest absolute Gasteiger partial charge is 0.189 e. The molecule has 0 saturated carbocycles. The Kier molecular flexibility index (Phi) is 5.04. The van der Waals surface area contributed by atoms with Crippen molar-refractivity contribution < 1.29 is 0 Å². The molecule has 0 amide bonds. The van der Waals surface area contributed by atoms with Crippen molar-refractivity contribution in [3.63, 3.8) is 0 Å². The fraction of sp³-hybridized carbons (Fsp3) is 0.0345. The molecule has 30 heavy (non-hydrogen) atoms. The maximum atomic E-state index is 2.38. The van der Waals surface area contributed by atoms with Gasteiger partial charge in [-0.3, -0.25) is 0 Å². The zero-order valence-electron chi connectivity index (χ0n) is 17.0. The monoisotopic (exact) mass is 403 g/mol. The van der Waals surface area contributed by atoms with E-state index in [1.807, 2.05) is 0 Å². The summed E-state index contributed by atoms with van der Waals surface area (Å²) in [6.07, 6.45) is 2.38. The summed E-state index contributed by atoms with van der Waals surface area (Å²) in [6.45, 7) is 0. The van der Waals surface area contributed by atoms with Gasteiger partial charge in [0.25, 0.3) is 0 Å². The van der Waals surface area contributed by atoms with E-state index in [2.05, 4.69) is 128 Å². The molecule has 0 bridgehead atoms. The van der Waals surface area contributed by atoms with E-state index in [1.165, 1.54) is 43.1 Å². The molecule has 0 unspecified atom stereocenters. The van der Waals surface area contributed by atoms with Gasteiger partial charge in [-0.25, -0.2) is 0 Å². The van der Waals surface area contributed by atoms with Gasteiger partial charge in [-0.1, -0.05) is 97.1 Å². The minimum absolute atomic E-state index is 0.0522. The number of thiophene rings is 1. The zero-order chi connectivity index (χ0) is 20.3. The Labute approximate surface area is 181 Å². The van der Waals surface area contributed by atoms with Crippen molar-refractivity contribution in [1.29, 1.82) is 0 Å². The molecule has 0 radical (unpaired) electrons. The van der Waals surface area contributed by atoms with Gasteiger partial charge in [0.1, 0.15) is 6.26 Å². The fourth-order valence-corrected chi connectivity index (χ4v) is 6.45. The highest BCUT2D eigenvalue weighted by molar-refractivity contribution is 7.36. The summed E-state index contributed by atoms with van der Waals surface area (Å²) in [5, 5.41) is 0. The SMILES string of the molecule is C[s+]1c(-c2ccccc2)c(-c2ccccc2)c(-c2ccccc2)c1-c1ccccc1. The summed E-state index contributed by atoms with van der Waals surface area (Å²) in [4.78, 5) is 2.86.